The van der Waals surface area contributed by atoms with Gasteiger partial charge in [0.15, 0.2) is 11.6 Å². The zero-order chi connectivity index (χ0) is 11.0. The van der Waals surface area contributed by atoms with Crippen molar-refractivity contribution in [1.29, 1.82) is 0 Å². The third-order valence-corrected chi connectivity index (χ3v) is 2.24. The van der Waals surface area contributed by atoms with E-state index in [4.69, 9.17) is 11.6 Å². The molecule has 1 aliphatic rings. The first-order valence-corrected chi connectivity index (χ1v) is 4.62. The molecule has 80 valence electrons. The summed E-state index contributed by atoms with van der Waals surface area (Å²) in [6.45, 7) is 0.0308. The van der Waals surface area contributed by atoms with Crippen molar-refractivity contribution in [3.8, 4) is 0 Å². The number of aliphatic hydroxyl groups is 1. The summed E-state index contributed by atoms with van der Waals surface area (Å²) in [6.07, 6.45) is 0.0783. The number of aliphatic hydroxyl groups excluding tert-OH is 1. The number of aromatic nitrogens is 2. The van der Waals surface area contributed by atoms with Crippen LogP contribution < -0.4 is 4.90 Å². The lowest BCUT2D eigenvalue weighted by Gasteiger charge is -2.14. The molecule has 0 aliphatic carbocycles. The van der Waals surface area contributed by atoms with E-state index in [-0.39, 0.29) is 30.0 Å². The first kappa shape index (κ1) is 10.3. The van der Waals surface area contributed by atoms with Gasteiger partial charge in [0.1, 0.15) is 0 Å². The Labute approximate surface area is 89.5 Å². The predicted octanol–water partition coefficient (Wildman–Crippen LogP) is 0.367. The first-order valence-electron chi connectivity index (χ1n) is 4.24. The lowest BCUT2D eigenvalue weighted by atomic mass is 10.3. The van der Waals surface area contributed by atoms with Crippen molar-refractivity contribution in [2.75, 3.05) is 11.4 Å². The Morgan fingerprint density at radius 1 is 1.67 bits per heavy atom. The summed E-state index contributed by atoms with van der Waals surface area (Å²) >= 11 is 5.49. The highest BCUT2D eigenvalue weighted by Gasteiger charge is 2.31. The van der Waals surface area contributed by atoms with Crippen molar-refractivity contribution in [1.82, 2.24) is 9.97 Å². The molecule has 1 fully saturated rings. The lowest BCUT2D eigenvalue weighted by Crippen LogP contribution is -2.27. The molecular formula is C8H7ClFN3O2. The van der Waals surface area contributed by atoms with E-state index in [1.807, 2.05) is 0 Å². The largest absolute Gasteiger partial charge is 0.391 e. The number of amides is 1. The minimum absolute atomic E-state index is 0.0267. The zero-order valence-electron chi connectivity index (χ0n) is 7.52. The maximum atomic E-state index is 13.3. The van der Waals surface area contributed by atoms with Crippen LogP contribution in [0.1, 0.15) is 6.42 Å². The Hall–Kier alpha value is -1.27. The van der Waals surface area contributed by atoms with Gasteiger partial charge in [-0.2, -0.15) is 4.98 Å². The van der Waals surface area contributed by atoms with Gasteiger partial charge in [-0.25, -0.2) is 9.37 Å². The van der Waals surface area contributed by atoms with E-state index in [1.54, 1.807) is 0 Å². The molecule has 2 heterocycles. The number of rotatable bonds is 1. The SMILES string of the molecule is O=C1CC(O)CN1c1nc(Cl)ncc1F. The maximum absolute atomic E-state index is 13.3. The molecule has 1 atom stereocenters. The molecule has 0 radical (unpaired) electrons. The van der Waals surface area contributed by atoms with Gasteiger partial charge in [0, 0.05) is 0 Å². The van der Waals surface area contributed by atoms with Gasteiger partial charge < -0.3 is 5.11 Å². The second-order valence-electron chi connectivity index (χ2n) is 3.17. The standard InChI is InChI=1S/C8H7ClFN3O2/c9-8-11-2-5(10)7(12-8)13-3-4(14)1-6(13)15/h2,4,14H,1,3H2. The second kappa shape index (κ2) is 3.71. The molecule has 1 unspecified atom stereocenters. The second-order valence-corrected chi connectivity index (χ2v) is 3.51. The normalized spacial score (nSPS) is 21.1. The minimum Gasteiger partial charge on any atom is -0.391 e. The van der Waals surface area contributed by atoms with Crippen LogP contribution in [0.3, 0.4) is 0 Å². The van der Waals surface area contributed by atoms with Crippen LogP contribution in [0.4, 0.5) is 10.2 Å². The van der Waals surface area contributed by atoms with Crippen LogP contribution in [-0.4, -0.2) is 33.6 Å². The van der Waals surface area contributed by atoms with Gasteiger partial charge >= 0.3 is 0 Å². The van der Waals surface area contributed by atoms with Crippen molar-refractivity contribution >= 4 is 23.3 Å². The fourth-order valence-electron chi connectivity index (χ4n) is 1.42. The molecule has 1 aliphatic heterocycles. The molecule has 2 rings (SSSR count). The topological polar surface area (TPSA) is 66.3 Å². The number of halogens is 2. The smallest absolute Gasteiger partial charge is 0.230 e. The Bertz CT molecular complexity index is 415. The lowest BCUT2D eigenvalue weighted by molar-refractivity contribution is -0.117. The highest BCUT2D eigenvalue weighted by atomic mass is 35.5. The van der Waals surface area contributed by atoms with Crippen LogP contribution >= 0.6 is 11.6 Å². The summed E-state index contributed by atoms with van der Waals surface area (Å²) in [5.74, 6) is -1.30. The van der Waals surface area contributed by atoms with Crippen LogP contribution in [0.2, 0.25) is 5.28 Å². The van der Waals surface area contributed by atoms with Crippen LogP contribution in [-0.2, 0) is 4.79 Å². The Balaban J connectivity index is 2.37. The maximum Gasteiger partial charge on any atom is 0.230 e. The van der Waals surface area contributed by atoms with Gasteiger partial charge in [-0.1, -0.05) is 0 Å². The Morgan fingerprint density at radius 3 is 3.00 bits per heavy atom. The summed E-state index contributed by atoms with van der Waals surface area (Å²) in [6, 6.07) is 0. The number of carbonyl (C=O) groups excluding carboxylic acids is 1. The molecule has 0 aromatic carbocycles. The monoisotopic (exact) mass is 231 g/mol. The van der Waals surface area contributed by atoms with Crippen LogP contribution in [0.25, 0.3) is 0 Å². The van der Waals surface area contributed by atoms with E-state index >= 15 is 0 Å². The van der Waals surface area contributed by atoms with Crippen LogP contribution in [0, 0.1) is 5.82 Å². The van der Waals surface area contributed by atoms with Crippen LogP contribution in [0.5, 0.6) is 0 Å². The summed E-state index contributed by atoms with van der Waals surface area (Å²) in [5.41, 5.74) is 0. The van der Waals surface area contributed by atoms with Gasteiger partial charge in [0.25, 0.3) is 0 Å². The van der Waals surface area contributed by atoms with Crippen molar-refractivity contribution < 1.29 is 14.3 Å². The van der Waals surface area contributed by atoms with Gasteiger partial charge in [0.05, 0.1) is 25.3 Å². The van der Waals surface area contributed by atoms with Gasteiger partial charge in [-0.05, 0) is 11.6 Å². The van der Waals surface area contributed by atoms with E-state index < -0.39 is 11.9 Å². The number of β-amino-alcohol motifs (C(OH)–C–C–N with tert-alkyl or cyclic N) is 1. The number of anilines is 1. The number of nitrogens with zero attached hydrogens (tertiary/aromatic N) is 3. The molecule has 7 heteroatoms. The number of hydrogen-bond acceptors (Lipinski definition) is 4. The minimum atomic E-state index is -0.786. The van der Waals surface area contributed by atoms with Crippen LogP contribution in [0.15, 0.2) is 6.20 Å². The molecule has 0 saturated carbocycles. The summed E-state index contributed by atoms with van der Waals surface area (Å²) in [5, 5.41) is 9.09. The van der Waals surface area contributed by atoms with E-state index in [0.29, 0.717) is 0 Å². The third kappa shape index (κ3) is 1.91. The molecule has 1 saturated heterocycles. The summed E-state index contributed by atoms with van der Waals surface area (Å²) in [4.78, 5) is 19.5. The van der Waals surface area contributed by atoms with Gasteiger partial charge in [-0.3, -0.25) is 9.69 Å². The number of carbonyl (C=O) groups is 1. The average molecular weight is 232 g/mol. The Morgan fingerprint density at radius 2 is 2.40 bits per heavy atom. The van der Waals surface area contributed by atoms with E-state index in [0.717, 1.165) is 11.1 Å². The quantitative estimate of drug-likeness (QED) is 0.709. The van der Waals surface area contributed by atoms with Gasteiger partial charge in [-0.15, -0.1) is 0 Å². The predicted molar refractivity (Wildman–Crippen MR) is 50.0 cm³/mol. The molecule has 1 N–H and O–H groups in total. The zero-order valence-corrected chi connectivity index (χ0v) is 8.28. The summed E-state index contributed by atoms with van der Waals surface area (Å²) in [7, 11) is 0. The fourth-order valence-corrected chi connectivity index (χ4v) is 1.55. The highest BCUT2D eigenvalue weighted by Crippen LogP contribution is 2.22. The van der Waals surface area contributed by atoms with Crippen molar-refractivity contribution in [3.63, 3.8) is 0 Å². The van der Waals surface area contributed by atoms with E-state index in [9.17, 15) is 14.3 Å². The third-order valence-electron chi connectivity index (χ3n) is 2.06. The van der Waals surface area contributed by atoms with Crippen molar-refractivity contribution in [3.05, 3.63) is 17.3 Å². The molecule has 0 spiro atoms. The van der Waals surface area contributed by atoms with Crippen molar-refractivity contribution in [2.24, 2.45) is 0 Å². The molecule has 1 amide bonds. The van der Waals surface area contributed by atoms with Crippen molar-refractivity contribution in [2.45, 2.75) is 12.5 Å². The fraction of sp³-hybridized carbons (Fsp3) is 0.375. The average Bonchev–Trinajstić information content (AvgIpc) is 2.50. The number of hydrogen-bond donors (Lipinski definition) is 1. The molecule has 0 bridgehead atoms. The molecule has 1 aromatic heterocycles. The first-order chi connectivity index (χ1) is 7.08. The van der Waals surface area contributed by atoms with E-state index in [1.165, 1.54) is 0 Å². The molecular weight excluding hydrogens is 225 g/mol. The van der Waals surface area contributed by atoms with E-state index in [2.05, 4.69) is 9.97 Å². The molecule has 1 aromatic rings. The Kier molecular flexibility index (Phi) is 2.54. The summed E-state index contributed by atoms with van der Waals surface area (Å²) < 4.78 is 13.3. The molecule has 15 heavy (non-hydrogen) atoms. The molecule has 5 nitrogen and oxygen atoms in total. The van der Waals surface area contributed by atoms with Gasteiger partial charge in [0.2, 0.25) is 11.2 Å². The highest BCUT2D eigenvalue weighted by molar-refractivity contribution is 6.28.